The van der Waals surface area contributed by atoms with Gasteiger partial charge in [-0.2, -0.15) is 8.78 Å². The van der Waals surface area contributed by atoms with Crippen molar-refractivity contribution in [3.8, 4) is 5.75 Å². The van der Waals surface area contributed by atoms with Gasteiger partial charge in [0, 0.05) is 17.1 Å². The molecule has 0 aromatic heterocycles. The number of fused-ring (bicyclic) bond motifs is 1. The van der Waals surface area contributed by atoms with E-state index in [0.29, 0.717) is 11.1 Å². The molecule has 3 aromatic rings. The Morgan fingerprint density at radius 1 is 0.860 bits per heavy atom. The fourth-order valence-corrected chi connectivity index (χ4v) is 3.98. The van der Waals surface area contributed by atoms with Crippen molar-refractivity contribution in [2.45, 2.75) is 39.3 Å². The Bertz CT molecular complexity index is 1560. The maximum absolute atomic E-state index is 13.9. The average molecular weight is 606 g/mol. The third kappa shape index (κ3) is 8.05. The van der Waals surface area contributed by atoms with Crippen LogP contribution in [0.1, 0.15) is 27.2 Å². The number of ketones is 1. The Balaban J connectivity index is 1.75. The standard InChI is InChI=1S/C29H27F4N3O7/c1-29(2,3)25(36-28(42)27(41)34-18-10-6-8-14-7-4-5-9-15(14)18)26(40)35-19(12-21(38)39)20(37)13-43-24-22(32)16(30)11-17(31)23(24)33/h4-11,19,25H,12-13H2,1-3H3,(H,34,41)(H,35,40)(H,36,42)(H,38,39)/t19-,25?/m0/s1. The van der Waals surface area contributed by atoms with Crippen molar-refractivity contribution >= 4 is 45.9 Å². The Morgan fingerprint density at radius 3 is 2.07 bits per heavy atom. The smallest absolute Gasteiger partial charge is 0.313 e. The SMILES string of the molecule is CC(C)(C)C(NC(=O)C(=O)Nc1cccc2ccccc12)C(=O)N[C@@H](CC(=O)O)C(=O)COc1c(F)c(F)cc(F)c1F. The van der Waals surface area contributed by atoms with E-state index in [9.17, 15) is 46.6 Å². The molecule has 4 N–H and O–H groups in total. The summed E-state index contributed by atoms with van der Waals surface area (Å²) >= 11 is 0. The van der Waals surface area contributed by atoms with Crippen molar-refractivity contribution in [3.63, 3.8) is 0 Å². The fraction of sp³-hybridized carbons (Fsp3) is 0.276. The predicted octanol–water partition coefficient (Wildman–Crippen LogP) is 3.47. The summed E-state index contributed by atoms with van der Waals surface area (Å²) in [5.74, 6) is -15.2. The zero-order valence-electron chi connectivity index (χ0n) is 23.1. The van der Waals surface area contributed by atoms with Gasteiger partial charge in [0.05, 0.1) is 6.42 Å². The molecule has 0 heterocycles. The van der Waals surface area contributed by atoms with Crippen LogP contribution in [0.3, 0.4) is 0 Å². The molecule has 0 aliphatic carbocycles. The second-order valence-electron chi connectivity index (χ2n) is 10.5. The zero-order valence-corrected chi connectivity index (χ0v) is 23.1. The third-order valence-electron chi connectivity index (χ3n) is 6.16. The van der Waals surface area contributed by atoms with Crippen molar-refractivity contribution < 1.29 is 51.4 Å². The first-order chi connectivity index (χ1) is 20.1. The Labute approximate surface area is 242 Å². The van der Waals surface area contributed by atoms with E-state index in [0.717, 1.165) is 5.39 Å². The third-order valence-corrected chi connectivity index (χ3v) is 6.16. The van der Waals surface area contributed by atoms with Gasteiger partial charge in [-0.1, -0.05) is 57.2 Å². The lowest BCUT2D eigenvalue weighted by atomic mass is 9.85. The topological polar surface area (TPSA) is 151 Å². The van der Waals surface area contributed by atoms with Crippen molar-refractivity contribution in [2.75, 3.05) is 11.9 Å². The Morgan fingerprint density at radius 2 is 1.47 bits per heavy atom. The molecule has 3 amide bonds. The number of hydrogen-bond donors (Lipinski definition) is 4. The summed E-state index contributed by atoms with van der Waals surface area (Å²) < 4.78 is 59.3. The molecular weight excluding hydrogens is 578 g/mol. The molecule has 0 radical (unpaired) electrons. The molecule has 0 fully saturated rings. The summed E-state index contributed by atoms with van der Waals surface area (Å²) in [6.07, 6.45) is -1.03. The van der Waals surface area contributed by atoms with E-state index in [1.54, 1.807) is 42.5 Å². The highest BCUT2D eigenvalue weighted by molar-refractivity contribution is 6.40. The molecule has 0 spiro atoms. The van der Waals surface area contributed by atoms with Gasteiger partial charge in [0.2, 0.25) is 17.5 Å². The number of carbonyl (C=O) groups is 5. The van der Waals surface area contributed by atoms with E-state index in [2.05, 4.69) is 20.7 Å². The normalized spacial score (nSPS) is 12.6. The molecule has 3 aromatic carbocycles. The van der Waals surface area contributed by atoms with Crippen LogP contribution in [0, 0.1) is 28.7 Å². The average Bonchev–Trinajstić information content (AvgIpc) is 2.93. The van der Waals surface area contributed by atoms with Gasteiger partial charge < -0.3 is 25.8 Å². The summed E-state index contributed by atoms with van der Waals surface area (Å²) in [7, 11) is 0. The lowest BCUT2D eigenvalue weighted by Crippen LogP contribution is -2.58. The van der Waals surface area contributed by atoms with Gasteiger partial charge in [-0.15, -0.1) is 0 Å². The van der Waals surface area contributed by atoms with Crippen LogP contribution >= 0.6 is 0 Å². The number of aliphatic carboxylic acids is 1. The molecule has 2 atom stereocenters. The molecule has 0 bridgehead atoms. The van der Waals surface area contributed by atoms with E-state index in [1.165, 1.54) is 20.8 Å². The highest BCUT2D eigenvalue weighted by Gasteiger charge is 2.37. The van der Waals surface area contributed by atoms with Gasteiger partial charge in [-0.25, -0.2) is 8.78 Å². The minimum Gasteiger partial charge on any atom is -0.481 e. The fourth-order valence-electron chi connectivity index (χ4n) is 3.98. The number of hydrogen-bond acceptors (Lipinski definition) is 6. The number of rotatable bonds is 10. The number of amides is 3. The zero-order chi connectivity index (χ0) is 32.1. The van der Waals surface area contributed by atoms with Crippen LogP contribution in [-0.4, -0.2) is 53.3 Å². The quantitative estimate of drug-likeness (QED) is 0.157. The number of carboxylic acids is 1. The van der Waals surface area contributed by atoms with Gasteiger partial charge in [0.25, 0.3) is 0 Å². The Hall–Kier alpha value is -5.01. The highest BCUT2D eigenvalue weighted by Crippen LogP contribution is 2.27. The first-order valence-electron chi connectivity index (χ1n) is 12.7. The summed E-state index contributed by atoms with van der Waals surface area (Å²) in [4.78, 5) is 62.8. The minimum absolute atomic E-state index is 0.0734. The number of nitrogens with one attached hydrogen (secondary N) is 3. The lowest BCUT2D eigenvalue weighted by Gasteiger charge is -2.31. The monoisotopic (exact) mass is 605 g/mol. The maximum Gasteiger partial charge on any atom is 0.313 e. The van der Waals surface area contributed by atoms with Crippen molar-refractivity contribution in [1.29, 1.82) is 0 Å². The lowest BCUT2D eigenvalue weighted by molar-refractivity contribution is -0.142. The number of carboxylic acid groups (broad SMARTS) is 1. The number of ether oxygens (including phenoxy) is 1. The summed E-state index contributed by atoms with van der Waals surface area (Å²) in [5, 5.41) is 17.5. The van der Waals surface area contributed by atoms with E-state index in [4.69, 9.17) is 0 Å². The van der Waals surface area contributed by atoms with Gasteiger partial charge in [-0.05, 0) is 16.9 Å². The highest BCUT2D eigenvalue weighted by atomic mass is 19.2. The van der Waals surface area contributed by atoms with Crippen LogP contribution < -0.4 is 20.7 Å². The molecule has 43 heavy (non-hydrogen) atoms. The maximum atomic E-state index is 13.9. The van der Waals surface area contributed by atoms with Crippen LogP contribution in [0.4, 0.5) is 23.2 Å². The summed E-state index contributed by atoms with van der Waals surface area (Å²) in [5.41, 5.74) is -0.758. The first kappa shape index (κ1) is 32.5. The molecular formula is C29H27F4N3O7. The first-order valence-corrected chi connectivity index (χ1v) is 12.7. The largest absolute Gasteiger partial charge is 0.481 e. The number of anilines is 1. The minimum atomic E-state index is -1.93. The molecule has 10 nitrogen and oxygen atoms in total. The molecule has 228 valence electrons. The van der Waals surface area contributed by atoms with Gasteiger partial charge in [-0.3, -0.25) is 24.0 Å². The van der Waals surface area contributed by atoms with Crippen LogP contribution in [0.15, 0.2) is 48.5 Å². The van der Waals surface area contributed by atoms with Crippen LogP contribution in [-0.2, 0) is 24.0 Å². The van der Waals surface area contributed by atoms with Crippen LogP contribution in [0.25, 0.3) is 10.8 Å². The number of benzene rings is 3. The summed E-state index contributed by atoms with van der Waals surface area (Å²) in [6.45, 7) is 3.26. The molecule has 0 saturated heterocycles. The summed E-state index contributed by atoms with van der Waals surface area (Å²) in [6, 6.07) is 8.67. The molecule has 0 aliphatic heterocycles. The molecule has 0 saturated carbocycles. The van der Waals surface area contributed by atoms with Gasteiger partial charge in [0.1, 0.15) is 18.7 Å². The second kappa shape index (κ2) is 13.3. The number of carbonyl (C=O) groups excluding carboxylic acids is 4. The van der Waals surface area contributed by atoms with Crippen molar-refractivity contribution in [1.82, 2.24) is 10.6 Å². The predicted molar refractivity (Wildman–Crippen MR) is 145 cm³/mol. The van der Waals surface area contributed by atoms with Crippen molar-refractivity contribution in [2.24, 2.45) is 5.41 Å². The molecule has 3 rings (SSSR count). The van der Waals surface area contributed by atoms with E-state index in [-0.39, 0.29) is 6.07 Å². The van der Waals surface area contributed by atoms with E-state index < -0.39 is 89.0 Å². The van der Waals surface area contributed by atoms with Crippen molar-refractivity contribution in [3.05, 3.63) is 71.8 Å². The van der Waals surface area contributed by atoms with Gasteiger partial charge >= 0.3 is 17.8 Å². The van der Waals surface area contributed by atoms with Crippen LogP contribution in [0.2, 0.25) is 0 Å². The molecule has 14 heteroatoms. The number of halogens is 4. The molecule has 1 unspecified atom stereocenters. The van der Waals surface area contributed by atoms with Crippen LogP contribution in [0.5, 0.6) is 5.75 Å². The Kier molecular flexibility index (Phi) is 10.1. The van der Waals surface area contributed by atoms with Gasteiger partial charge in [0.15, 0.2) is 23.2 Å². The second-order valence-corrected chi connectivity index (χ2v) is 10.5. The van der Waals surface area contributed by atoms with E-state index >= 15 is 0 Å². The number of Topliss-reactive ketones (excluding diaryl/α,β-unsaturated/α-hetero) is 1. The van der Waals surface area contributed by atoms with E-state index in [1.807, 2.05) is 0 Å². The molecule has 0 aliphatic rings.